The minimum Gasteiger partial charge on any atom is -0.350 e. The lowest BCUT2D eigenvalue weighted by atomic mass is 10.2. The van der Waals surface area contributed by atoms with Gasteiger partial charge in [-0.05, 0) is 36.8 Å². The van der Waals surface area contributed by atoms with Gasteiger partial charge in [0.1, 0.15) is 6.04 Å². The van der Waals surface area contributed by atoms with E-state index in [4.69, 9.17) is 0 Å². The van der Waals surface area contributed by atoms with Gasteiger partial charge in [0.15, 0.2) is 0 Å². The number of imidazole rings is 1. The van der Waals surface area contributed by atoms with Gasteiger partial charge < -0.3 is 9.88 Å². The van der Waals surface area contributed by atoms with E-state index in [2.05, 4.69) is 15.3 Å². The maximum Gasteiger partial charge on any atom is 0.449 e. The Hall–Kier alpha value is -2.90. The normalized spacial score (nSPS) is 13.0. The summed E-state index contributed by atoms with van der Waals surface area (Å²) >= 11 is 0. The second-order valence-electron chi connectivity index (χ2n) is 5.54. The fraction of sp³-hybridized carbons (Fsp3) is 0.235. The molecule has 2 heterocycles. The number of carbonyl (C=O) groups is 1. The first-order valence-corrected chi connectivity index (χ1v) is 7.58. The third-order valence-corrected chi connectivity index (χ3v) is 3.83. The van der Waals surface area contributed by atoms with Crippen molar-refractivity contribution in [1.82, 2.24) is 19.9 Å². The number of alkyl halides is 3. The number of rotatable bonds is 4. The molecule has 2 aromatic heterocycles. The first kappa shape index (κ1) is 16.9. The molecule has 25 heavy (non-hydrogen) atoms. The minimum absolute atomic E-state index is 0.198. The molecule has 0 aliphatic carbocycles. The van der Waals surface area contributed by atoms with Crippen LogP contribution in [0.4, 0.5) is 13.2 Å². The number of fused-ring (bicyclic) bond motifs is 1. The first-order valence-electron chi connectivity index (χ1n) is 7.58. The van der Waals surface area contributed by atoms with Gasteiger partial charge in [-0.2, -0.15) is 13.2 Å². The smallest absolute Gasteiger partial charge is 0.350 e. The molecule has 1 atom stereocenters. The van der Waals surface area contributed by atoms with Crippen molar-refractivity contribution in [3.63, 3.8) is 0 Å². The number of nitrogens with one attached hydrogen (secondary N) is 1. The van der Waals surface area contributed by atoms with Crippen molar-refractivity contribution in [3.05, 3.63) is 60.2 Å². The van der Waals surface area contributed by atoms with Gasteiger partial charge in [-0.15, -0.1) is 0 Å². The summed E-state index contributed by atoms with van der Waals surface area (Å²) in [6.07, 6.45) is -1.50. The Morgan fingerprint density at radius 1 is 1.20 bits per heavy atom. The average Bonchev–Trinajstić information content (AvgIpc) is 3.00. The highest BCUT2D eigenvalue weighted by Crippen LogP contribution is 2.33. The topological polar surface area (TPSA) is 59.8 Å². The van der Waals surface area contributed by atoms with E-state index < -0.39 is 23.9 Å². The maximum atomic E-state index is 13.3. The Kier molecular flexibility index (Phi) is 4.43. The van der Waals surface area contributed by atoms with E-state index >= 15 is 0 Å². The number of hydrogen-bond donors (Lipinski definition) is 1. The van der Waals surface area contributed by atoms with E-state index in [0.29, 0.717) is 0 Å². The Bertz CT molecular complexity index is 890. The minimum atomic E-state index is -4.65. The first-order chi connectivity index (χ1) is 11.9. The zero-order valence-corrected chi connectivity index (χ0v) is 13.3. The zero-order valence-electron chi connectivity index (χ0n) is 13.3. The highest BCUT2D eigenvalue weighted by atomic mass is 19.4. The second kappa shape index (κ2) is 6.54. The molecule has 0 saturated heterocycles. The molecule has 3 aromatic rings. The molecular formula is C17H15F3N4O. The third-order valence-electron chi connectivity index (χ3n) is 3.83. The number of nitrogens with zero attached hydrogens (tertiary/aromatic N) is 3. The number of aromatic nitrogens is 3. The van der Waals surface area contributed by atoms with Crippen molar-refractivity contribution < 1.29 is 18.0 Å². The van der Waals surface area contributed by atoms with Gasteiger partial charge in [-0.1, -0.05) is 12.1 Å². The third kappa shape index (κ3) is 3.47. The van der Waals surface area contributed by atoms with E-state index in [9.17, 15) is 18.0 Å². The van der Waals surface area contributed by atoms with Crippen molar-refractivity contribution in [3.8, 4) is 0 Å². The SMILES string of the molecule is C[C@H](C(=O)NCc1ccncc1)n1c(C(F)(F)F)nc2ccccc21. The summed E-state index contributed by atoms with van der Waals surface area (Å²) < 4.78 is 40.9. The lowest BCUT2D eigenvalue weighted by Crippen LogP contribution is -2.32. The number of carbonyl (C=O) groups excluding carboxylic acids is 1. The quantitative estimate of drug-likeness (QED) is 0.787. The fourth-order valence-corrected chi connectivity index (χ4v) is 2.59. The molecule has 0 saturated carbocycles. The zero-order chi connectivity index (χ0) is 18.0. The highest BCUT2D eigenvalue weighted by molar-refractivity contribution is 5.84. The van der Waals surface area contributed by atoms with Crippen LogP contribution in [0.15, 0.2) is 48.8 Å². The molecule has 1 amide bonds. The van der Waals surface area contributed by atoms with E-state index in [-0.39, 0.29) is 17.6 Å². The second-order valence-corrected chi connectivity index (χ2v) is 5.54. The molecular weight excluding hydrogens is 333 g/mol. The van der Waals surface area contributed by atoms with Crippen LogP contribution in [-0.4, -0.2) is 20.4 Å². The van der Waals surface area contributed by atoms with E-state index in [1.165, 1.54) is 19.1 Å². The maximum absolute atomic E-state index is 13.3. The summed E-state index contributed by atoms with van der Waals surface area (Å²) in [7, 11) is 0. The number of para-hydroxylation sites is 2. The number of pyridine rings is 1. The van der Waals surface area contributed by atoms with Gasteiger partial charge in [0.25, 0.3) is 0 Å². The van der Waals surface area contributed by atoms with Crippen LogP contribution >= 0.6 is 0 Å². The molecule has 0 radical (unpaired) electrons. The predicted molar refractivity (Wildman–Crippen MR) is 85.5 cm³/mol. The van der Waals surface area contributed by atoms with Gasteiger partial charge in [-0.25, -0.2) is 4.98 Å². The number of amides is 1. The molecule has 0 aliphatic heterocycles. The van der Waals surface area contributed by atoms with Gasteiger partial charge in [0.2, 0.25) is 11.7 Å². The molecule has 0 unspecified atom stereocenters. The molecule has 130 valence electrons. The van der Waals surface area contributed by atoms with Gasteiger partial charge >= 0.3 is 6.18 Å². The summed E-state index contributed by atoms with van der Waals surface area (Å²) in [5.41, 5.74) is 1.27. The molecule has 0 fully saturated rings. The summed E-state index contributed by atoms with van der Waals surface area (Å²) in [5, 5.41) is 2.65. The van der Waals surface area contributed by atoms with Crippen LogP contribution in [-0.2, 0) is 17.5 Å². The standard InChI is InChI=1S/C17H15F3N4O/c1-11(15(25)22-10-12-6-8-21-9-7-12)24-14-5-3-2-4-13(14)23-16(24)17(18,19)20/h2-9,11H,10H2,1H3,(H,22,25)/t11-/m1/s1. The molecule has 0 spiro atoms. The van der Waals surface area contributed by atoms with Crippen LogP contribution in [0.1, 0.15) is 24.4 Å². The Morgan fingerprint density at radius 3 is 2.56 bits per heavy atom. The summed E-state index contributed by atoms with van der Waals surface area (Å²) in [4.78, 5) is 19.9. The Morgan fingerprint density at radius 2 is 1.88 bits per heavy atom. The molecule has 0 aliphatic rings. The van der Waals surface area contributed by atoms with Crippen LogP contribution in [0.5, 0.6) is 0 Å². The summed E-state index contributed by atoms with van der Waals surface area (Å²) in [6, 6.07) is 8.60. The van der Waals surface area contributed by atoms with Crippen LogP contribution in [0, 0.1) is 0 Å². The van der Waals surface area contributed by atoms with E-state index in [1.807, 2.05) is 0 Å². The highest BCUT2D eigenvalue weighted by Gasteiger charge is 2.39. The molecule has 1 N–H and O–H groups in total. The Balaban J connectivity index is 1.90. The van der Waals surface area contributed by atoms with Crippen molar-refractivity contribution in [1.29, 1.82) is 0 Å². The van der Waals surface area contributed by atoms with Crippen molar-refractivity contribution in [2.75, 3.05) is 0 Å². The van der Waals surface area contributed by atoms with Gasteiger partial charge in [0.05, 0.1) is 11.0 Å². The van der Waals surface area contributed by atoms with Gasteiger partial charge in [-0.3, -0.25) is 9.78 Å². The van der Waals surface area contributed by atoms with Crippen molar-refractivity contribution in [2.24, 2.45) is 0 Å². The molecule has 0 bridgehead atoms. The predicted octanol–water partition coefficient (Wildman–Crippen LogP) is 3.33. The van der Waals surface area contributed by atoms with E-state index in [0.717, 1.165) is 10.1 Å². The van der Waals surface area contributed by atoms with Crippen molar-refractivity contribution in [2.45, 2.75) is 25.7 Å². The van der Waals surface area contributed by atoms with Crippen LogP contribution in [0.2, 0.25) is 0 Å². The molecule has 1 aromatic carbocycles. The van der Waals surface area contributed by atoms with Crippen LogP contribution < -0.4 is 5.32 Å². The summed E-state index contributed by atoms with van der Waals surface area (Å²) in [6.45, 7) is 1.63. The van der Waals surface area contributed by atoms with Gasteiger partial charge in [0, 0.05) is 18.9 Å². The molecule has 5 nitrogen and oxygen atoms in total. The van der Waals surface area contributed by atoms with Crippen LogP contribution in [0.3, 0.4) is 0 Å². The molecule has 3 rings (SSSR count). The van der Waals surface area contributed by atoms with Crippen LogP contribution in [0.25, 0.3) is 11.0 Å². The largest absolute Gasteiger partial charge is 0.449 e. The lowest BCUT2D eigenvalue weighted by molar-refractivity contribution is -0.148. The lowest BCUT2D eigenvalue weighted by Gasteiger charge is -2.18. The Labute approximate surface area is 141 Å². The molecule has 8 heteroatoms. The van der Waals surface area contributed by atoms with Crippen molar-refractivity contribution >= 4 is 16.9 Å². The average molecular weight is 348 g/mol. The number of hydrogen-bond acceptors (Lipinski definition) is 3. The fourth-order valence-electron chi connectivity index (χ4n) is 2.59. The number of benzene rings is 1. The van der Waals surface area contributed by atoms with E-state index in [1.54, 1.807) is 36.7 Å². The summed E-state index contributed by atoms with van der Waals surface area (Å²) in [5.74, 6) is -1.61. The number of halogens is 3. The monoisotopic (exact) mass is 348 g/mol.